The molecule has 0 aliphatic rings. The molecule has 0 spiro atoms. The van der Waals surface area contributed by atoms with Gasteiger partial charge in [-0.1, -0.05) is 19.1 Å². The van der Waals surface area contributed by atoms with Crippen LogP contribution in [-0.4, -0.2) is 24.7 Å². The zero-order valence-electron chi connectivity index (χ0n) is 13.0. The van der Waals surface area contributed by atoms with Gasteiger partial charge in [0.25, 0.3) is 11.8 Å². The van der Waals surface area contributed by atoms with E-state index in [0.29, 0.717) is 16.9 Å². The van der Waals surface area contributed by atoms with Gasteiger partial charge in [0, 0.05) is 10.5 Å². The lowest BCUT2D eigenvalue weighted by Crippen LogP contribution is -2.41. The molecule has 0 aliphatic heterocycles. The maximum absolute atomic E-state index is 12.2. The topological polar surface area (TPSA) is 67.4 Å². The number of nitrogens with one attached hydrogen (secondary N) is 2. The van der Waals surface area contributed by atoms with E-state index >= 15 is 0 Å². The zero-order chi connectivity index (χ0) is 16.7. The molecular weight excluding hydrogens is 312 g/mol. The van der Waals surface area contributed by atoms with Crippen molar-refractivity contribution in [2.24, 2.45) is 0 Å². The number of benzene rings is 2. The first-order valence-corrected chi connectivity index (χ1v) is 8.10. The van der Waals surface area contributed by atoms with Crippen LogP contribution in [0.2, 0.25) is 0 Å². The molecule has 2 rings (SSSR count). The Morgan fingerprint density at radius 3 is 2.30 bits per heavy atom. The second-order valence-electron chi connectivity index (χ2n) is 4.57. The molecule has 0 saturated carbocycles. The number of hydrogen-bond acceptors (Lipinski definition) is 4. The van der Waals surface area contributed by atoms with Crippen molar-refractivity contribution in [3.05, 3.63) is 59.7 Å². The fraction of sp³-hybridized carbons (Fsp3) is 0.176. The largest absolute Gasteiger partial charge is 0.497 e. The van der Waals surface area contributed by atoms with Crippen LogP contribution in [-0.2, 0) is 0 Å². The second-order valence-corrected chi connectivity index (χ2v) is 5.87. The molecule has 0 bridgehead atoms. The van der Waals surface area contributed by atoms with Crippen molar-refractivity contribution in [2.45, 2.75) is 11.8 Å². The van der Waals surface area contributed by atoms with Crippen LogP contribution in [0, 0.1) is 0 Å². The van der Waals surface area contributed by atoms with Crippen LogP contribution < -0.4 is 15.6 Å². The smallest absolute Gasteiger partial charge is 0.270 e. The fourth-order valence-corrected chi connectivity index (χ4v) is 2.73. The predicted molar refractivity (Wildman–Crippen MR) is 90.8 cm³/mol. The SMILES string of the molecule is CCSc1ccccc1C(=O)NNC(=O)c1ccc(OC)cc1. The van der Waals surface area contributed by atoms with Crippen molar-refractivity contribution in [3.8, 4) is 5.75 Å². The number of carbonyl (C=O) groups is 2. The molecule has 0 atom stereocenters. The molecule has 0 saturated heterocycles. The molecule has 2 amide bonds. The lowest BCUT2D eigenvalue weighted by Gasteiger charge is -2.10. The quantitative estimate of drug-likeness (QED) is 0.653. The Morgan fingerprint density at radius 1 is 1.00 bits per heavy atom. The van der Waals surface area contributed by atoms with Crippen LogP contribution in [0.4, 0.5) is 0 Å². The summed E-state index contributed by atoms with van der Waals surface area (Å²) in [6, 6.07) is 13.9. The van der Waals surface area contributed by atoms with Crippen LogP contribution in [0.5, 0.6) is 5.75 Å². The predicted octanol–water partition coefficient (Wildman–Crippen LogP) is 2.88. The molecule has 2 N–H and O–H groups in total. The van der Waals surface area contributed by atoms with Gasteiger partial charge in [0.1, 0.15) is 5.75 Å². The van der Waals surface area contributed by atoms with Crippen LogP contribution in [0.3, 0.4) is 0 Å². The summed E-state index contributed by atoms with van der Waals surface area (Å²) in [5.41, 5.74) is 5.83. The molecule has 0 unspecified atom stereocenters. The van der Waals surface area contributed by atoms with E-state index in [1.165, 1.54) is 0 Å². The lowest BCUT2D eigenvalue weighted by atomic mass is 10.2. The number of ether oxygens (including phenoxy) is 1. The van der Waals surface area contributed by atoms with Gasteiger partial charge in [-0.3, -0.25) is 20.4 Å². The molecule has 6 heteroatoms. The summed E-state index contributed by atoms with van der Waals surface area (Å²) in [6.45, 7) is 2.02. The third-order valence-electron chi connectivity index (χ3n) is 3.07. The number of hydrogen-bond donors (Lipinski definition) is 2. The Hall–Kier alpha value is -2.47. The van der Waals surface area contributed by atoms with Crippen molar-refractivity contribution in [3.63, 3.8) is 0 Å². The molecule has 120 valence electrons. The van der Waals surface area contributed by atoms with Gasteiger partial charge >= 0.3 is 0 Å². The number of hydrazine groups is 1. The maximum Gasteiger partial charge on any atom is 0.270 e. The molecular formula is C17H18N2O3S. The number of methoxy groups -OCH3 is 1. The van der Waals surface area contributed by atoms with E-state index in [2.05, 4.69) is 10.9 Å². The number of rotatable bonds is 5. The molecule has 0 radical (unpaired) electrons. The van der Waals surface area contributed by atoms with Gasteiger partial charge in [-0.05, 0) is 42.2 Å². The Kier molecular flexibility index (Phi) is 6.05. The first kappa shape index (κ1) is 16.9. The summed E-state index contributed by atoms with van der Waals surface area (Å²) >= 11 is 1.58. The van der Waals surface area contributed by atoms with Gasteiger partial charge in [-0.25, -0.2) is 0 Å². The van der Waals surface area contributed by atoms with E-state index in [0.717, 1.165) is 10.6 Å². The van der Waals surface area contributed by atoms with Crippen LogP contribution in [0.15, 0.2) is 53.4 Å². The van der Waals surface area contributed by atoms with Crippen molar-refractivity contribution >= 4 is 23.6 Å². The van der Waals surface area contributed by atoms with Gasteiger partial charge in [0.2, 0.25) is 0 Å². The van der Waals surface area contributed by atoms with Gasteiger partial charge < -0.3 is 4.74 Å². The van der Waals surface area contributed by atoms with Crippen molar-refractivity contribution in [1.82, 2.24) is 10.9 Å². The van der Waals surface area contributed by atoms with Gasteiger partial charge in [0.15, 0.2) is 0 Å². The second kappa shape index (κ2) is 8.24. The highest BCUT2D eigenvalue weighted by Crippen LogP contribution is 2.21. The monoisotopic (exact) mass is 330 g/mol. The Balaban J connectivity index is 1.99. The summed E-state index contributed by atoms with van der Waals surface area (Å²) in [6.07, 6.45) is 0. The highest BCUT2D eigenvalue weighted by Gasteiger charge is 2.12. The minimum Gasteiger partial charge on any atom is -0.497 e. The normalized spacial score (nSPS) is 10.0. The summed E-state index contributed by atoms with van der Waals surface area (Å²) in [5.74, 6) is 0.795. The minimum atomic E-state index is -0.387. The molecule has 2 aromatic rings. The molecule has 0 aromatic heterocycles. The average Bonchev–Trinajstić information content (AvgIpc) is 2.60. The fourth-order valence-electron chi connectivity index (χ4n) is 1.93. The van der Waals surface area contributed by atoms with E-state index in [1.807, 2.05) is 19.1 Å². The Morgan fingerprint density at radius 2 is 1.65 bits per heavy atom. The molecule has 0 heterocycles. The van der Waals surface area contributed by atoms with Gasteiger partial charge in [-0.2, -0.15) is 0 Å². The Bertz CT molecular complexity index is 686. The van der Waals surface area contributed by atoms with Crippen molar-refractivity contribution < 1.29 is 14.3 Å². The average molecular weight is 330 g/mol. The first-order chi connectivity index (χ1) is 11.2. The molecule has 23 heavy (non-hydrogen) atoms. The maximum atomic E-state index is 12.2. The number of carbonyl (C=O) groups excluding carboxylic acids is 2. The molecule has 0 fully saturated rings. The third kappa shape index (κ3) is 4.50. The van der Waals surface area contributed by atoms with E-state index in [4.69, 9.17) is 4.74 Å². The van der Waals surface area contributed by atoms with Gasteiger partial charge in [-0.15, -0.1) is 11.8 Å². The van der Waals surface area contributed by atoms with Crippen LogP contribution >= 0.6 is 11.8 Å². The van der Waals surface area contributed by atoms with Gasteiger partial charge in [0.05, 0.1) is 12.7 Å². The van der Waals surface area contributed by atoms with Crippen molar-refractivity contribution in [2.75, 3.05) is 12.9 Å². The highest BCUT2D eigenvalue weighted by atomic mass is 32.2. The summed E-state index contributed by atoms with van der Waals surface area (Å²) in [5, 5.41) is 0. The summed E-state index contributed by atoms with van der Waals surface area (Å²) < 4.78 is 5.04. The first-order valence-electron chi connectivity index (χ1n) is 7.12. The molecule has 0 aliphatic carbocycles. The highest BCUT2D eigenvalue weighted by molar-refractivity contribution is 7.99. The van der Waals surface area contributed by atoms with E-state index in [1.54, 1.807) is 55.3 Å². The third-order valence-corrected chi connectivity index (χ3v) is 4.03. The number of amides is 2. The number of thioether (sulfide) groups is 1. The zero-order valence-corrected chi connectivity index (χ0v) is 13.8. The van der Waals surface area contributed by atoms with E-state index in [-0.39, 0.29) is 11.8 Å². The molecule has 2 aromatic carbocycles. The summed E-state index contributed by atoms with van der Waals surface area (Å²) in [4.78, 5) is 25.1. The Labute approximate surface area is 139 Å². The standard InChI is InChI=1S/C17H18N2O3S/c1-3-23-15-7-5-4-6-14(15)17(21)19-18-16(20)12-8-10-13(22-2)11-9-12/h4-11H,3H2,1-2H3,(H,18,20)(H,19,21). The summed E-state index contributed by atoms with van der Waals surface area (Å²) in [7, 11) is 1.56. The minimum absolute atomic E-state index is 0.344. The van der Waals surface area contributed by atoms with Crippen LogP contribution in [0.1, 0.15) is 27.6 Å². The van der Waals surface area contributed by atoms with E-state index < -0.39 is 0 Å². The van der Waals surface area contributed by atoms with Crippen LogP contribution in [0.25, 0.3) is 0 Å². The van der Waals surface area contributed by atoms with E-state index in [9.17, 15) is 9.59 Å². The molecule has 5 nitrogen and oxygen atoms in total. The van der Waals surface area contributed by atoms with Crippen molar-refractivity contribution in [1.29, 1.82) is 0 Å². The lowest BCUT2D eigenvalue weighted by molar-refractivity contribution is 0.0845.